The number of unbranched alkanes of at least 4 members (excludes halogenated alkanes) is 1. The third-order valence-corrected chi connectivity index (χ3v) is 8.18. The van der Waals surface area contributed by atoms with Crippen LogP contribution in [-0.4, -0.2) is 44.3 Å². The average Bonchev–Trinajstić information content (AvgIpc) is 2.93. The van der Waals surface area contributed by atoms with Gasteiger partial charge in [0.05, 0.1) is 10.6 Å². The molecule has 3 aromatic carbocycles. The van der Waals surface area contributed by atoms with Gasteiger partial charge in [0, 0.05) is 18.1 Å². The van der Waals surface area contributed by atoms with E-state index < -0.39 is 28.5 Å². The zero-order valence-corrected chi connectivity index (χ0v) is 23.3. The van der Waals surface area contributed by atoms with Crippen LogP contribution >= 0.6 is 11.6 Å². The predicted molar refractivity (Wildman–Crippen MR) is 151 cm³/mol. The van der Waals surface area contributed by atoms with Crippen molar-refractivity contribution in [1.82, 2.24) is 10.2 Å². The van der Waals surface area contributed by atoms with Crippen molar-refractivity contribution in [2.75, 3.05) is 17.4 Å². The highest BCUT2D eigenvalue weighted by atomic mass is 35.5. The summed E-state index contributed by atoms with van der Waals surface area (Å²) in [4.78, 5) is 28.6. The molecule has 202 valence electrons. The lowest BCUT2D eigenvalue weighted by molar-refractivity contribution is -0.140. The third kappa shape index (κ3) is 7.58. The SMILES string of the molecule is CCCCNC(=O)[C@@H](CC)N(Cc1ccc(Cl)cc1)C(=O)CN(c1ccccc1)S(=O)(=O)c1ccccc1. The molecule has 2 amide bonds. The standard InChI is InChI=1S/C29H34ClN3O4S/c1-3-5-20-31-29(35)27(4-2)32(21-23-16-18-24(30)19-17-23)28(34)22-33(25-12-8-6-9-13-25)38(36,37)26-14-10-7-11-15-26/h6-19,27H,3-5,20-22H2,1-2H3,(H,31,35)/t27-/m1/s1. The molecular formula is C29H34ClN3O4S. The Morgan fingerprint density at radius 2 is 1.50 bits per heavy atom. The summed E-state index contributed by atoms with van der Waals surface area (Å²) in [5, 5.41) is 3.48. The number of nitrogens with zero attached hydrogens (tertiary/aromatic N) is 2. The minimum absolute atomic E-state index is 0.0743. The van der Waals surface area contributed by atoms with Crippen LogP contribution in [0.1, 0.15) is 38.7 Å². The first-order chi connectivity index (χ1) is 18.3. The van der Waals surface area contributed by atoms with Crippen molar-refractivity contribution < 1.29 is 18.0 Å². The van der Waals surface area contributed by atoms with Gasteiger partial charge < -0.3 is 10.2 Å². The van der Waals surface area contributed by atoms with Gasteiger partial charge in [-0.25, -0.2) is 8.42 Å². The zero-order valence-electron chi connectivity index (χ0n) is 21.7. The lowest BCUT2D eigenvalue weighted by Crippen LogP contribution is -2.52. The molecule has 0 fully saturated rings. The number of anilines is 1. The quantitative estimate of drug-likeness (QED) is 0.291. The van der Waals surface area contributed by atoms with Gasteiger partial charge in [-0.3, -0.25) is 13.9 Å². The molecule has 9 heteroatoms. The molecule has 0 spiro atoms. The van der Waals surface area contributed by atoms with Gasteiger partial charge in [0.25, 0.3) is 10.0 Å². The largest absolute Gasteiger partial charge is 0.354 e. The summed E-state index contributed by atoms with van der Waals surface area (Å²) in [6, 6.07) is 22.8. The summed E-state index contributed by atoms with van der Waals surface area (Å²) >= 11 is 6.05. The number of sulfonamides is 1. The van der Waals surface area contributed by atoms with Gasteiger partial charge in [0.1, 0.15) is 12.6 Å². The number of carbonyl (C=O) groups is 2. The summed E-state index contributed by atoms with van der Waals surface area (Å²) in [5.41, 5.74) is 1.14. The van der Waals surface area contributed by atoms with E-state index in [0.717, 1.165) is 22.7 Å². The summed E-state index contributed by atoms with van der Waals surface area (Å²) in [6.07, 6.45) is 2.12. The molecule has 38 heavy (non-hydrogen) atoms. The molecular weight excluding hydrogens is 522 g/mol. The van der Waals surface area contributed by atoms with E-state index in [1.54, 1.807) is 72.8 Å². The lowest BCUT2D eigenvalue weighted by atomic mass is 10.1. The van der Waals surface area contributed by atoms with Crippen molar-refractivity contribution in [3.63, 3.8) is 0 Å². The van der Waals surface area contributed by atoms with Gasteiger partial charge in [-0.15, -0.1) is 0 Å². The van der Waals surface area contributed by atoms with Crippen molar-refractivity contribution in [2.24, 2.45) is 0 Å². The van der Waals surface area contributed by atoms with Gasteiger partial charge in [0.2, 0.25) is 11.8 Å². The normalized spacial score (nSPS) is 12.0. The molecule has 1 atom stereocenters. The minimum atomic E-state index is -4.06. The van der Waals surface area contributed by atoms with Crippen LogP contribution in [-0.2, 0) is 26.2 Å². The first kappa shape index (κ1) is 29.2. The topological polar surface area (TPSA) is 86.8 Å². The van der Waals surface area contributed by atoms with Crippen LogP contribution in [0.5, 0.6) is 0 Å². The van der Waals surface area contributed by atoms with Gasteiger partial charge in [-0.1, -0.05) is 80.4 Å². The van der Waals surface area contributed by atoms with Gasteiger partial charge in [0.15, 0.2) is 0 Å². The predicted octanol–water partition coefficient (Wildman–Crippen LogP) is 5.26. The van der Waals surface area contributed by atoms with E-state index in [1.165, 1.54) is 17.0 Å². The van der Waals surface area contributed by atoms with Crippen LogP contribution < -0.4 is 9.62 Å². The average molecular weight is 556 g/mol. The number of nitrogens with one attached hydrogen (secondary N) is 1. The second kappa shape index (κ2) is 14.0. The monoisotopic (exact) mass is 555 g/mol. The molecule has 0 unspecified atom stereocenters. The number of para-hydroxylation sites is 1. The Bertz CT molecular complexity index is 1290. The zero-order chi connectivity index (χ0) is 27.5. The highest BCUT2D eigenvalue weighted by Crippen LogP contribution is 2.24. The summed E-state index contributed by atoms with van der Waals surface area (Å²) in [5.74, 6) is -0.749. The Balaban J connectivity index is 1.99. The Labute approximate surface area is 230 Å². The highest BCUT2D eigenvalue weighted by molar-refractivity contribution is 7.92. The van der Waals surface area contributed by atoms with Gasteiger partial charge >= 0.3 is 0 Å². The molecule has 0 aliphatic rings. The number of hydrogen-bond donors (Lipinski definition) is 1. The van der Waals surface area contributed by atoms with Crippen LogP contribution in [0.25, 0.3) is 0 Å². The highest BCUT2D eigenvalue weighted by Gasteiger charge is 2.33. The fourth-order valence-corrected chi connectivity index (χ4v) is 5.62. The summed E-state index contributed by atoms with van der Waals surface area (Å²) in [6.45, 7) is 4.04. The fourth-order valence-electron chi connectivity index (χ4n) is 4.05. The summed E-state index contributed by atoms with van der Waals surface area (Å²) in [7, 11) is -4.06. The summed E-state index contributed by atoms with van der Waals surface area (Å²) < 4.78 is 28.5. The van der Waals surface area contributed by atoms with E-state index in [2.05, 4.69) is 5.32 Å². The number of rotatable bonds is 13. The maximum Gasteiger partial charge on any atom is 0.264 e. The smallest absolute Gasteiger partial charge is 0.264 e. The van der Waals surface area contributed by atoms with Crippen LogP contribution in [0.2, 0.25) is 5.02 Å². The van der Waals surface area contributed by atoms with Crippen molar-refractivity contribution in [2.45, 2.75) is 50.6 Å². The maximum absolute atomic E-state index is 13.9. The molecule has 0 radical (unpaired) electrons. The Morgan fingerprint density at radius 3 is 2.08 bits per heavy atom. The first-order valence-corrected chi connectivity index (χ1v) is 14.5. The number of hydrogen-bond acceptors (Lipinski definition) is 4. The number of benzene rings is 3. The van der Waals surface area contributed by atoms with Gasteiger partial charge in [-0.05, 0) is 54.8 Å². The van der Waals surface area contributed by atoms with Gasteiger partial charge in [-0.2, -0.15) is 0 Å². The molecule has 0 heterocycles. The van der Waals surface area contributed by atoms with Crippen LogP contribution in [0.3, 0.4) is 0 Å². The molecule has 0 saturated heterocycles. The molecule has 0 saturated carbocycles. The van der Waals surface area contributed by atoms with E-state index >= 15 is 0 Å². The second-order valence-electron chi connectivity index (χ2n) is 8.88. The molecule has 0 bridgehead atoms. The maximum atomic E-state index is 13.9. The minimum Gasteiger partial charge on any atom is -0.354 e. The molecule has 0 aliphatic heterocycles. The van der Waals surface area contributed by atoms with Crippen molar-refractivity contribution in [1.29, 1.82) is 0 Å². The van der Waals surface area contributed by atoms with Crippen molar-refractivity contribution >= 4 is 39.1 Å². The van der Waals surface area contributed by atoms with E-state index in [1.807, 2.05) is 13.8 Å². The van der Waals surface area contributed by atoms with E-state index in [0.29, 0.717) is 23.7 Å². The molecule has 0 aliphatic carbocycles. The number of halogens is 1. The number of carbonyl (C=O) groups excluding carboxylic acids is 2. The van der Waals surface area contributed by atoms with Crippen molar-refractivity contribution in [3.8, 4) is 0 Å². The van der Waals surface area contributed by atoms with E-state index in [-0.39, 0.29) is 17.3 Å². The van der Waals surface area contributed by atoms with Crippen LogP contribution in [0, 0.1) is 0 Å². The lowest BCUT2D eigenvalue weighted by Gasteiger charge is -2.33. The Kier molecular flexibility index (Phi) is 10.7. The third-order valence-electron chi connectivity index (χ3n) is 6.14. The van der Waals surface area contributed by atoms with Crippen LogP contribution in [0.15, 0.2) is 89.8 Å². The second-order valence-corrected chi connectivity index (χ2v) is 11.2. The molecule has 3 aromatic rings. The Hall–Kier alpha value is -3.36. The molecule has 7 nitrogen and oxygen atoms in total. The van der Waals surface area contributed by atoms with E-state index in [4.69, 9.17) is 11.6 Å². The molecule has 0 aromatic heterocycles. The van der Waals surface area contributed by atoms with E-state index in [9.17, 15) is 18.0 Å². The molecule has 1 N–H and O–H groups in total. The first-order valence-electron chi connectivity index (χ1n) is 12.7. The fraction of sp³-hybridized carbons (Fsp3) is 0.310. The number of amides is 2. The van der Waals surface area contributed by atoms with Crippen molar-refractivity contribution in [3.05, 3.63) is 95.5 Å². The Morgan fingerprint density at radius 1 is 0.895 bits per heavy atom. The van der Waals surface area contributed by atoms with Crippen LogP contribution in [0.4, 0.5) is 5.69 Å². The molecule has 3 rings (SSSR count).